The number of aryl methyl sites for hydroxylation is 1. The molecule has 1 aromatic rings. The van der Waals surface area contributed by atoms with Crippen LogP contribution >= 0.6 is 0 Å². The molecule has 0 saturated heterocycles. The van der Waals surface area contributed by atoms with Crippen LogP contribution in [-0.2, 0) is 16.9 Å². The van der Waals surface area contributed by atoms with E-state index in [-0.39, 0.29) is 5.60 Å². The molecule has 1 saturated carbocycles. The lowest BCUT2D eigenvalue weighted by atomic mass is 9.93. The fraction of sp³-hybridized carbons (Fsp3) is 0.765. The van der Waals surface area contributed by atoms with Gasteiger partial charge in [-0.3, -0.25) is 0 Å². The maximum absolute atomic E-state index is 5.94. The predicted molar refractivity (Wildman–Crippen MR) is 85.2 cm³/mol. The van der Waals surface area contributed by atoms with Crippen molar-refractivity contribution in [3.8, 4) is 0 Å². The largest absolute Gasteiger partial charge is 0.370 e. The number of nitrogens with one attached hydrogen (secondary N) is 1. The molecule has 0 aliphatic heterocycles. The van der Waals surface area contributed by atoms with Gasteiger partial charge in [0.2, 0.25) is 0 Å². The zero-order valence-electron chi connectivity index (χ0n) is 13.7. The van der Waals surface area contributed by atoms with Crippen LogP contribution in [0, 0.1) is 6.92 Å². The zero-order chi connectivity index (χ0) is 15.1. The molecule has 1 aliphatic carbocycles. The number of ether oxygens (including phenoxy) is 1. The van der Waals surface area contributed by atoms with E-state index < -0.39 is 0 Å². The number of methoxy groups -OCH3 is 1. The highest BCUT2D eigenvalue weighted by Crippen LogP contribution is 2.37. The van der Waals surface area contributed by atoms with E-state index in [9.17, 15) is 0 Å². The minimum Gasteiger partial charge on any atom is -0.370 e. The van der Waals surface area contributed by atoms with Crippen LogP contribution in [0.3, 0.4) is 0 Å². The summed E-state index contributed by atoms with van der Waals surface area (Å²) in [7, 11) is 1.81. The van der Waals surface area contributed by atoms with Crippen molar-refractivity contribution in [2.24, 2.45) is 0 Å². The van der Waals surface area contributed by atoms with Crippen molar-refractivity contribution in [2.45, 2.75) is 70.9 Å². The fourth-order valence-electron chi connectivity index (χ4n) is 3.14. The second kappa shape index (κ2) is 7.85. The second-order valence-corrected chi connectivity index (χ2v) is 6.11. The van der Waals surface area contributed by atoms with Crippen LogP contribution in [0.5, 0.6) is 0 Å². The van der Waals surface area contributed by atoms with Crippen molar-refractivity contribution in [2.75, 3.05) is 13.7 Å². The van der Waals surface area contributed by atoms with E-state index in [2.05, 4.69) is 25.2 Å². The lowest BCUT2D eigenvalue weighted by Gasteiger charge is -2.30. The Morgan fingerprint density at radius 2 is 1.90 bits per heavy atom. The highest BCUT2D eigenvalue weighted by Gasteiger charge is 2.36. The lowest BCUT2D eigenvalue weighted by Crippen LogP contribution is -2.31. The third-order valence-electron chi connectivity index (χ3n) is 4.35. The highest BCUT2D eigenvalue weighted by molar-refractivity contribution is 5.14. The second-order valence-electron chi connectivity index (χ2n) is 6.11. The van der Waals surface area contributed by atoms with Crippen LogP contribution in [0.25, 0.3) is 0 Å². The summed E-state index contributed by atoms with van der Waals surface area (Å²) in [4.78, 5) is 9.52. The van der Waals surface area contributed by atoms with Crippen LogP contribution in [0.15, 0.2) is 6.07 Å². The van der Waals surface area contributed by atoms with Crippen molar-refractivity contribution in [1.29, 1.82) is 0 Å². The summed E-state index contributed by atoms with van der Waals surface area (Å²) in [5.41, 5.74) is 1.84. The molecule has 0 bridgehead atoms. The normalized spacial score (nSPS) is 18.4. The summed E-state index contributed by atoms with van der Waals surface area (Å²) in [5.74, 6) is 0.889. The first-order chi connectivity index (χ1) is 10.2. The van der Waals surface area contributed by atoms with Gasteiger partial charge >= 0.3 is 0 Å². The number of hydrogen-bond donors (Lipinski definition) is 1. The number of aromatic nitrogens is 2. The van der Waals surface area contributed by atoms with Gasteiger partial charge in [-0.25, -0.2) is 9.97 Å². The quantitative estimate of drug-likeness (QED) is 0.644. The minimum absolute atomic E-state index is 0.276. The summed E-state index contributed by atoms with van der Waals surface area (Å²) < 4.78 is 5.94. The van der Waals surface area contributed by atoms with Crippen molar-refractivity contribution in [3.05, 3.63) is 23.3 Å². The first-order valence-electron chi connectivity index (χ1n) is 8.31. The molecule has 0 amide bonds. The zero-order valence-corrected chi connectivity index (χ0v) is 13.7. The van der Waals surface area contributed by atoms with Crippen LogP contribution < -0.4 is 5.32 Å². The molecular formula is C17H29N3O. The third-order valence-corrected chi connectivity index (χ3v) is 4.35. The Balaban J connectivity index is 2.23. The maximum atomic E-state index is 5.94. The van der Waals surface area contributed by atoms with E-state index in [1.54, 1.807) is 0 Å². The van der Waals surface area contributed by atoms with E-state index >= 15 is 0 Å². The van der Waals surface area contributed by atoms with Crippen molar-refractivity contribution in [1.82, 2.24) is 15.3 Å². The smallest absolute Gasteiger partial charge is 0.160 e. The molecular weight excluding hydrogens is 262 g/mol. The predicted octanol–water partition coefficient (Wildman–Crippen LogP) is 3.48. The molecule has 0 aromatic carbocycles. The van der Waals surface area contributed by atoms with Gasteiger partial charge in [-0.05, 0) is 38.8 Å². The molecule has 1 heterocycles. The minimum atomic E-state index is -0.276. The first kappa shape index (κ1) is 16.4. The summed E-state index contributed by atoms with van der Waals surface area (Å²) in [6.07, 6.45) is 8.20. The third kappa shape index (κ3) is 4.24. The first-order valence-corrected chi connectivity index (χ1v) is 8.31. The molecule has 1 N–H and O–H groups in total. The van der Waals surface area contributed by atoms with Gasteiger partial charge < -0.3 is 10.1 Å². The van der Waals surface area contributed by atoms with E-state index in [0.29, 0.717) is 0 Å². The summed E-state index contributed by atoms with van der Waals surface area (Å²) >= 11 is 0. The molecule has 0 radical (unpaired) electrons. The van der Waals surface area contributed by atoms with Crippen molar-refractivity contribution < 1.29 is 4.74 Å². The average molecular weight is 291 g/mol. The Morgan fingerprint density at radius 3 is 2.52 bits per heavy atom. The summed E-state index contributed by atoms with van der Waals surface area (Å²) in [6.45, 7) is 6.06. The van der Waals surface area contributed by atoms with Crippen LogP contribution in [0.2, 0.25) is 0 Å². The Bertz CT molecular complexity index is 440. The highest BCUT2D eigenvalue weighted by atomic mass is 16.5. The van der Waals surface area contributed by atoms with Crippen LogP contribution in [-0.4, -0.2) is 23.6 Å². The average Bonchev–Trinajstić information content (AvgIpc) is 2.73. The van der Waals surface area contributed by atoms with Crippen molar-refractivity contribution in [3.63, 3.8) is 0 Å². The SMILES string of the molecule is CCCNCc1cc(C)nc(C2(OC)CCCCCC2)n1. The lowest BCUT2D eigenvalue weighted by molar-refractivity contribution is -0.0354. The van der Waals surface area contributed by atoms with E-state index in [0.717, 1.165) is 49.6 Å². The van der Waals surface area contributed by atoms with E-state index in [1.165, 1.54) is 25.7 Å². The van der Waals surface area contributed by atoms with Gasteiger partial charge in [-0.15, -0.1) is 0 Å². The van der Waals surface area contributed by atoms with Crippen LogP contribution in [0.1, 0.15) is 69.1 Å². The van der Waals surface area contributed by atoms with Gasteiger partial charge in [0.1, 0.15) is 5.60 Å². The van der Waals surface area contributed by atoms with Crippen LogP contribution in [0.4, 0.5) is 0 Å². The Morgan fingerprint density at radius 1 is 1.19 bits per heavy atom. The van der Waals surface area contributed by atoms with Gasteiger partial charge in [-0.1, -0.05) is 32.6 Å². The molecule has 0 unspecified atom stereocenters. The monoisotopic (exact) mass is 291 g/mol. The topological polar surface area (TPSA) is 47.0 Å². The maximum Gasteiger partial charge on any atom is 0.160 e. The molecule has 0 spiro atoms. The number of nitrogens with zero attached hydrogens (tertiary/aromatic N) is 2. The van der Waals surface area contributed by atoms with E-state index in [1.807, 2.05) is 7.11 Å². The number of rotatable bonds is 6. The molecule has 21 heavy (non-hydrogen) atoms. The van der Waals surface area contributed by atoms with Gasteiger partial charge in [0.15, 0.2) is 5.82 Å². The fourth-order valence-corrected chi connectivity index (χ4v) is 3.14. The molecule has 2 rings (SSSR count). The Labute approximate surface area is 128 Å². The number of hydrogen-bond acceptors (Lipinski definition) is 4. The molecule has 4 heteroatoms. The molecule has 1 fully saturated rings. The van der Waals surface area contributed by atoms with Crippen molar-refractivity contribution >= 4 is 0 Å². The molecule has 4 nitrogen and oxygen atoms in total. The van der Waals surface area contributed by atoms with Gasteiger partial charge in [0, 0.05) is 19.3 Å². The molecule has 118 valence electrons. The van der Waals surface area contributed by atoms with Gasteiger partial charge in [0.05, 0.1) is 5.69 Å². The molecule has 1 aliphatic rings. The Kier molecular flexibility index (Phi) is 6.12. The molecule has 1 aromatic heterocycles. The molecule has 0 atom stereocenters. The summed E-state index contributed by atoms with van der Waals surface area (Å²) in [6, 6.07) is 2.08. The summed E-state index contributed by atoms with van der Waals surface area (Å²) in [5, 5.41) is 3.42. The van der Waals surface area contributed by atoms with Gasteiger partial charge in [-0.2, -0.15) is 0 Å². The van der Waals surface area contributed by atoms with E-state index in [4.69, 9.17) is 14.7 Å². The standard InChI is InChI=1S/C17H29N3O/c1-4-11-18-13-15-12-14(2)19-16(20-15)17(21-3)9-7-5-6-8-10-17/h12,18H,4-11,13H2,1-3H3. The Hall–Kier alpha value is -1.00. The van der Waals surface area contributed by atoms with Gasteiger partial charge in [0.25, 0.3) is 0 Å².